The Morgan fingerprint density at radius 2 is 1.89 bits per heavy atom. The molecule has 1 fully saturated rings. The van der Waals surface area contributed by atoms with Crippen molar-refractivity contribution >= 4 is 43.4 Å². The maximum atomic E-state index is 12.6. The predicted octanol–water partition coefficient (Wildman–Crippen LogP) is 2.10. The fourth-order valence-corrected chi connectivity index (χ4v) is 5.61. The van der Waals surface area contributed by atoms with E-state index in [4.69, 9.17) is 0 Å². The average Bonchev–Trinajstić information content (AvgIpc) is 2.96. The van der Waals surface area contributed by atoms with Crippen LogP contribution >= 0.6 is 11.3 Å². The quantitative estimate of drug-likeness (QED) is 0.793. The molecule has 0 spiro atoms. The number of nitrogens with zero attached hydrogens (tertiary/aromatic N) is 3. The van der Waals surface area contributed by atoms with Crippen molar-refractivity contribution in [2.45, 2.75) is 32.7 Å². The van der Waals surface area contributed by atoms with Gasteiger partial charge < -0.3 is 5.32 Å². The second-order valence-electron chi connectivity index (χ2n) is 7.47. The first-order valence-corrected chi connectivity index (χ1v) is 11.5. The van der Waals surface area contributed by atoms with Crippen molar-refractivity contribution in [2.24, 2.45) is 5.92 Å². The van der Waals surface area contributed by atoms with Crippen molar-refractivity contribution in [2.75, 3.05) is 32.5 Å². The zero-order valence-electron chi connectivity index (χ0n) is 16.5. The minimum atomic E-state index is -3.44. The van der Waals surface area contributed by atoms with Crippen LogP contribution in [0.25, 0.3) is 10.2 Å². The van der Waals surface area contributed by atoms with Crippen molar-refractivity contribution in [3.05, 3.63) is 27.9 Å². The Labute approximate surface area is 168 Å². The van der Waals surface area contributed by atoms with Gasteiger partial charge in [0.05, 0.1) is 10.2 Å². The molecule has 2 heterocycles. The summed E-state index contributed by atoms with van der Waals surface area (Å²) in [4.78, 5) is 24.8. The molecule has 0 unspecified atom stereocenters. The van der Waals surface area contributed by atoms with Crippen LogP contribution in [0.3, 0.4) is 0 Å². The number of nitrogens with one attached hydrogen (secondary N) is 1. The van der Waals surface area contributed by atoms with Crippen LogP contribution in [-0.2, 0) is 15.0 Å². The fourth-order valence-electron chi connectivity index (χ4n) is 3.43. The molecule has 0 atom stereocenters. The Balaban J connectivity index is 1.68. The lowest BCUT2D eigenvalue weighted by molar-refractivity contribution is -0.120. The van der Waals surface area contributed by atoms with Gasteiger partial charge in [-0.05, 0) is 44.9 Å². The molecular formula is C18H26N4O4S2. The van der Waals surface area contributed by atoms with E-state index < -0.39 is 10.2 Å². The Morgan fingerprint density at radius 1 is 1.25 bits per heavy atom. The van der Waals surface area contributed by atoms with Crippen LogP contribution < -0.4 is 10.2 Å². The van der Waals surface area contributed by atoms with E-state index >= 15 is 0 Å². The Bertz CT molecular complexity index is 1030. The third-order valence-electron chi connectivity index (χ3n) is 5.01. The second-order valence-corrected chi connectivity index (χ2v) is 10.6. The first kappa shape index (κ1) is 21.0. The van der Waals surface area contributed by atoms with Gasteiger partial charge in [0.2, 0.25) is 5.91 Å². The van der Waals surface area contributed by atoms with Crippen LogP contribution in [0.4, 0.5) is 5.69 Å². The van der Waals surface area contributed by atoms with Crippen LogP contribution in [0, 0.1) is 5.92 Å². The van der Waals surface area contributed by atoms with E-state index in [0.717, 1.165) is 10.2 Å². The minimum absolute atomic E-state index is 0.0112. The molecule has 1 saturated heterocycles. The SMILES string of the molecule is CC(C)n1c(=O)sc2cc(NC(=O)C3CCN(S(=O)(=O)N(C)C)CC3)ccc21. The molecule has 3 rings (SSSR count). The monoisotopic (exact) mass is 426 g/mol. The number of amides is 1. The van der Waals surface area contributed by atoms with Crippen molar-refractivity contribution in [1.29, 1.82) is 0 Å². The molecule has 2 aromatic rings. The Morgan fingerprint density at radius 3 is 2.46 bits per heavy atom. The molecule has 1 aromatic heterocycles. The topological polar surface area (TPSA) is 91.7 Å². The summed E-state index contributed by atoms with van der Waals surface area (Å²) in [6, 6.07) is 5.56. The summed E-state index contributed by atoms with van der Waals surface area (Å²) in [6.45, 7) is 4.59. The summed E-state index contributed by atoms with van der Waals surface area (Å²) in [5, 5.41) is 2.92. The highest BCUT2D eigenvalue weighted by Crippen LogP contribution is 2.26. The lowest BCUT2D eigenvalue weighted by Gasteiger charge is -2.32. The predicted molar refractivity (Wildman–Crippen MR) is 112 cm³/mol. The molecule has 0 bridgehead atoms. The van der Waals surface area contributed by atoms with E-state index in [-0.39, 0.29) is 22.7 Å². The van der Waals surface area contributed by atoms with E-state index in [9.17, 15) is 18.0 Å². The molecule has 0 saturated carbocycles. The van der Waals surface area contributed by atoms with E-state index in [1.807, 2.05) is 26.0 Å². The number of anilines is 1. The van der Waals surface area contributed by atoms with E-state index in [2.05, 4.69) is 5.32 Å². The molecule has 8 nitrogen and oxygen atoms in total. The number of rotatable bonds is 5. The van der Waals surface area contributed by atoms with Crippen molar-refractivity contribution in [1.82, 2.24) is 13.2 Å². The Kier molecular flexibility index (Phi) is 5.95. The molecule has 10 heteroatoms. The summed E-state index contributed by atoms with van der Waals surface area (Å²) < 4.78 is 29.5. The second kappa shape index (κ2) is 7.94. The van der Waals surface area contributed by atoms with E-state index in [1.54, 1.807) is 10.6 Å². The van der Waals surface area contributed by atoms with Crippen LogP contribution in [0.1, 0.15) is 32.7 Å². The van der Waals surface area contributed by atoms with Gasteiger partial charge in [0.25, 0.3) is 10.2 Å². The first-order chi connectivity index (χ1) is 13.1. The van der Waals surface area contributed by atoms with Crippen LogP contribution in [0.5, 0.6) is 0 Å². The smallest absolute Gasteiger partial charge is 0.308 e. The zero-order valence-corrected chi connectivity index (χ0v) is 18.1. The largest absolute Gasteiger partial charge is 0.326 e. The molecule has 0 radical (unpaired) electrons. The van der Waals surface area contributed by atoms with Gasteiger partial charge in [-0.3, -0.25) is 14.2 Å². The number of carbonyl (C=O) groups is 1. The van der Waals surface area contributed by atoms with Gasteiger partial charge in [-0.15, -0.1) is 0 Å². The third kappa shape index (κ3) is 4.00. The van der Waals surface area contributed by atoms with Gasteiger partial charge in [-0.2, -0.15) is 17.0 Å². The standard InChI is InChI=1S/C18H26N4O4S2/c1-12(2)22-15-6-5-14(11-16(15)27-18(22)24)19-17(23)13-7-9-21(10-8-13)28(25,26)20(3)4/h5-6,11-13H,7-10H2,1-4H3,(H,19,23). The number of piperidine rings is 1. The normalized spacial score (nSPS) is 16.9. The number of carbonyl (C=O) groups excluding carboxylic acids is 1. The van der Waals surface area contributed by atoms with Gasteiger partial charge >= 0.3 is 4.87 Å². The molecule has 1 amide bonds. The number of hydrogen-bond donors (Lipinski definition) is 1. The van der Waals surface area contributed by atoms with Gasteiger partial charge in [0.15, 0.2) is 0 Å². The summed E-state index contributed by atoms with van der Waals surface area (Å²) in [5.74, 6) is -0.347. The fraction of sp³-hybridized carbons (Fsp3) is 0.556. The molecular weight excluding hydrogens is 400 g/mol. The van der Waals surface area contributed by atoms with Crippen LogP contribution in [0.2, 0.25) is 0 Å². The molecule has 154 valence electrons. The van der Waals surface area contributed by atoms with Crippen molar-refractivity contribution in [3.8, 4) is 0 Å². The summed E-state index contributed by atoms with van der Waals surface area (Å²) >= 11 is 1.17. The maximum absolute atomic E-state index is 12.6. The van der Waals surface area contributed by atoms with Gasteiger partial charge in [-0.1, -0.05) is 11.3 Å². The zero-order chi connectivity index (χ0) is 20.6. The summed E-state index contributed by atoms with van der Waals surface area (Å²) in [5.41, 5.74) is 1.52. The number of hydrogen-bond acceptors (Lipinski definition) is 5. The number of aromatic nitrogens is 1. The number of thiazole rings is 1. The molecule has 28 heavy (non-hydrogen) atoms. The highest BCUT2D eigenvalue weighted by atomic mass is 32.2. The van der Waals surface area contributed by atoms with Gasteiger partial charge in [-0.25, -0.2) is 0 Å². The Hall–Kier alpha value is -1.75. The molecule has 1 aliphatic heterocycles. The number of benzene rings is 1. The van der Waals surface area contributed by atoms with Crippen molar-refractivity contribution < 1.29 is 13.2 Å². The van der Waals surface area contributed by atoms with Crippen LogP contribution in [0.15, 0.2) is 23.0 Å². The molecule has 1 N–H and O–H groups in total. The third-order valence-corrected chi connectivity index (χ3v) is 7.87. The lowest BCUT2D eigenvalue weighted by Crippen LogP contribution is -2.46. The van der Waals surface area contributed by atoms with E-state index in [0.29, 0.717) is 31.6 Å². The average molecular weight is 427 g/mol. The van der Waals surface area contributed by atoms with Crippen molar-refractivity contribution in [3.63, 3.8) is 0 Å². The summed E-state index contributed by atoms with van der Waals surface area (Å²) in [6.07, 6.45) is 0.969. The summed E-state index contributed by atoms with van der Waals surface area (Å²) in [7, 11) is -0.427. The van der Waals surface area contributed by atoms with Gasteiger partial charge in [0.1, 0.15) is 0 Å². The van der Waals surface area contributed by atoms with Crippen LogP contribution in [-0.4, -0.2) is 54.7 Å². The maximum Gasteiger partial charge on any atom is 0.308 e. The molecule has 1 aliphatic rings. The minimum Gasteiger partial charge on any atom is -0.326 e. The first-order valence-electron chi connectivity index (χ1n) is 9.25. The van der Waals surface area contributed by atoms with Gasteiger partial charge in [0, 0.05) is 44.8 Å². The molecule has 1 aromatic carbocycles. The highest BCUT2D eigenvalue weighted by molar-refractivity contribution is 7.86. The number of fused-ring (bicyclic) bond motifs is 1. The molecule has 0 aliphatic carbocycles. The highest BCUT2D eigenvalue weighted by Gasteiger charge is 2.32. The lowest BCUT2D eigenvalue weighted by atomic mass is 9.97. The van der Waals surface area contributed by atoms with E-state index in [1.165, 1.54) is 34.0 Å².